The minimum Gasteiger partial charge on any atom is -0.497 e. The Bertz CT molecular complexity index is 946. The molecule has 0 saturated heterocycles. The molecular formula is C27H38N2O5. The van der Waals surface area contributed by atoms with E-state index in [-0.39, 0.29) is 24.3 Å². The number of carbonyl (C=O) groups excluding carboxylic acids is 2. The van der Waals surface area contributed by atoms with Crippen molar-refractivity contribution in [1.29, 1.82) is 0 Å². The molecule has 2 amide bonds. The summed E-state index contributed by atoms with van der Waals surface area (Å²) >= 11 is 0. The van der Waals surface area contributed by atoms with Gasteiger partial charge in [-0.25, -0.2) is 0 Å². The van der Waals surface area contributed by atoms with Crippen molar-refractivity contribution in [3.63, 3.8) is 0 Å². The van der Waals surface area contributed by atoms with Gasteiger partial charge in [0.25, 0.3) is 0 Å². The van der Waals surface area contributed by atoms with Crippen LogP contribution in [0.5, 0.6) is 17.2 Å². The van der Waals surface area contributed by atoms with Crippen LogP contribution in [0.1, 0.15) is 51.2 Å². The van der Waals surface area contributed by atoms with E-state index in [9.17, 15) is 9.59 Å². The largest absolute Gasteiger partial charge is 0.497 e. The summed E-state index contributed by atoms with van der Waals surface area (Å²) in [5.74, 6) is 1.78. The summed E-state index contributed by atoms with van der Waals surface area (Å²) in [6, 6.07) is 12.7. The van der Waals surface area contributed by atoms with Crippen molar-refractivity contribution in [3.8, 4) is 17.2 Å². The highest BCUT2D eigenvalue weighted by Crippen LogP contribution is 2.28. The smallest absolute Gasteiger partial charge is 0.243 e. The highest BCUT2D eigenvalue weighted by atomic mass is 16.5. The first-order valence-electron chi connectivity index (χ1n) is 11.8. The Morgan fingerprint density at radius 1 is 0.912 bits per heavy atom. The maximum absolute atomic E-state index is 13.5. The molecule has 0 aliphatic rings. The van der Waals surface area contributed by atoms with Gasteiger partial charge in [0, 0.05) is 19.0 Å². The quantitative estimate of drug-likeness (QED) is 0.471. The Hall–Kier alpha value is -3.22. The monoisotopic (exact) mass is 470 g/mol. The number of aryl methyl sites for hydroxylation is 1. The number of carbonyl (C=O) groups is 2. The molecule has 186 valence electrons. The predicted molar refractivity (Wildman–Crippen MR) is 133 cm³/mol. The van der Waals surface area contributed by atoms with Crippen molar-refractivity contribution >= 4 is 11.8 Å². The third kappa shape index (κ3) is 7.40. The zero-order valence-corrected chi connectivity index (χ0v) is 21.2. The lowest BCUT2D eigenvalue weighted by atomic mass is 10.0. The molecule has 2 rings (SSSR count). The highest BCUT2D eigenvalue weighted by Gasteiger charge is 2.29. The van der Waals surface area contributed by atoms with Gasteiger partial charge in [-0.3, -0.25) is 9.59 Å². The van der Waals surface area contributed by atoms with Crippen LogP contribution in [-0.2, 0) is 22.6 Å². The molecule has 0 aliphatic carbocycles. The summed E-state index contributed by atoms with van der Waals surface area (Å²) in [5, 5.41) is 3.04. The van der Waals surface area contributed by atoms with E-state index >= 15 is 0 Å². The van der Waals surface area contributed by atoms with E-state index in [1.54, 1.807) is 26.2 Å². The van der Waals surface area contributed by atoms with Crippen molar-refractivity contribution in [3.05, 3.63) is 53.6 Å². The molecule has 0 unspecified atom stereocenters. The van der Waals surface area contributed by atoms with Gasteiger partial charge in [-0.1, -0.05) is 32.0 Å². The zero-order valence-electron chi connectivity index (χ0n) is 21.2. The fourth-order valence-corrected chi connectivity index (χ4v) is 3.76. The lowest BCUT2D eigenvalue weighted by Gasteiger charge is -2.31. The summed E-state index contributed by atoms with van der Waals surface area (Å²) in [5.41, 5.74) is 1.87. The van der Waals surface area contributed by atoms with Crippen LogP contribution in [0.15, 0.2) is 42.5 Å². The van der Waals surface area contributed by atoms with E-state index in [2.05, 4.69) is 5.32 Å². The molecule has 0 heterocycles. The van der Waals surface area contributed by atoms with Gasteiger partial charge in [-0.15, -0.1) is 0 Å². The third-order valence-corrected chi connectivity index (χ3v) is 5.95. The average molecular weight is 471 g/mol. The standard InChI is InChI=1S/C27H38N2O5/c1-7-19(3)28-27(31)23(8-2)29(18-21-10-9-11-22(16-21)32-4)26(30)15-13-20-12-14-24(33-5)25(17-20)34-6/h9-12,14,16-17,19,23H,7-8,13,15,18H2,1-6H3,(H,28,31)/t19-,23+/m1/s1. The maximum atomic E-state index is 13.5. The van der Waals surface area contributed by atoms with Gasteiger partial charge in [0.15, 0.2) is 11.5 Å². The Kier molecular flexibility index (Phi) is 10.7. The summed E-state index contributed by atoms with van der Waals surface area (Å²) in [6.07, 6.45) is 2.14. The number of hydrogen-bond acceptors (Lipinski definition) is 5. The lowest BCUT2D eigenvalue weighted by molar-refractivity contribution is -0.141. The van der Waals surface area contributed by atoms with Gasteiger partial charge in [0.05, 0.1) is 21.3 Å². The number of benzene rings is 2. The predicted octanol–water partition coefficient (Wildman–Crippen LogP) is 4.37. The van der Waals surface area contributed by atoms with Gasteiger partial charge in [0.2, 0.25) is 11.8 Å². The second-order valence-electron chi connectivity index (χ2n) is 8.30. The molecule has 0 bridgehead atoms. The average Bonchev–Trinajstić information content (AvgIpc) is 2.86. The van der Waals surface area contributed by atoms with E-state index in [1.165, 1.54) is 0 Å². The molecule has 0 spiro atoms. The second-order valence-corrected chi connectivity index (χ2v) is 8.30. The molecule has 2 aromatic carbocycles. The van der Waals surface area contributed by atoms with Gasteiger partial charge in [-0.2, -0.15) is 0 Å². The Balaban J connectivity index is 2.25. The van der Waals surface area contributed by atoms with Crippen LogP contribution in [0.3, 0.4) is 0 Å². The Morgan fingerprint density at radius 2 is 1.65 bits per heavy atom. The van der Waals surface area contributed by atoms with Crippen LogP contribution >= 0.6 is 0 Å². The van der Waals surface area contributed by atoms with Crippen molar-refractivity contribution in [2.45, 2.75) is 65.1 Å². The number of rotatable bonds is 13. The summed E-state index contributed by atoms with van der Waals surface area (Å²) in [7, 11) is 4.79. The number of nitrogens with one attached hydrogen (secondary N) is 1. The molecule has 34 heavy (non-hydrogen) atoms. The van der Waals surface area contributed by atoms with Gasteiger partial charge in [-0.05, 0) is 61.6 Å². The van der Waals surface area contributed by atoms with Gasteiger partial charge >= 0.3 is 0 Å². The second kappa shape index (κ2) is 13.5. The first kappa shape index (κ1) is 27.0. The molecule has 2 aromatic rings. The van der Waals surface area contributed by atoms with Crippen LogP contribution in [0.25, 0.3) is 0 Å². The molecule has 7 heteroatoms. The van der Waals surface area contributed by atoms with Crippen LogP contribution in [0.4, 0.5) is 0 Å². The fraction of sp³-hybridized carbons (Fsp3) is 0.481. The summed E-state index contributed by atoms with van der Waals surface area (Å²) < 4.78 is 16.0. The molecule has 0 aliphatic heterocycles. The summed E-state index contributed by atoms with van der Waals surface area (Å²) in [4.78, 5) is 28.2. The van der Waals surface area contributed by atoms with Gasteiger partial charge in [0.1, 0.15) is 11.8 Å². The molecule has 0 aromatic heterocycles. The number of amides is 2. The number of methoxy groups -OCH3 is 3. The fourth-order valence-electron chi connectivity index (χ4n) is 3.76. The van der Waals surface area contributed by atoms with E-state index < -0.39 is 6.04 Å². The highest BCUT2D eigenvalue weighted by molar-refractivity contribution is 5.88. The van der Waals surface area contributed by atoms with Crippen LogP contribution < -0.4 is 19.5 Å². The molecular weight excluding hydrogens is 432 g/mol. The van der Waals surface area contributed by atoms with Crippen molar-refractivity contribution in [1.82, 2.24) is 10.2 Å². The van der Waals surface area contributed by atoms with Crippen molar-refractivity contribution < 1.29 is 23.8 Å². The number of hydrogen-bond donors (Lipinski definition) is 1. The minimum atomic E-state index is -0.557. The van der Waals surface area contributed by atoms with Crippen LogP contribution in [0.2, 0.25) is 0 Å². The lowest BCUT2D eigenvalue weighted by Crippen LogP contribution is -2.50. The molecule has 7 nitrogen and oxygen atoms in total. The van der Waals surface area contributed by atoms with Crippen molar-refractivity contribution in [2.75, 3.05) is 21.3 Å². The third-order valence-electron chi connectivity index (χ3n) is 5.95. The maximum Gasteiger partial charge on any atom is 0.243 e. The topological polar surface area (TPSA) is 77.1 Å². The SMILES string of the molecule is CC[C@@H](C)NC(=O)[C@H](CC)N(Cc1cccc(OC)c1)C(=O)CCc1ccc(OC)c(OC)c1. The Morgan fingerprint density at radius 3 is 2.26 bits per heavy atom. The minimum absolute atomic E-state index is 0.0436. The van der Waals surface area contributed by atoms with E-state index in [0.29, 0.717) is 36.6 Å². The normalized spacial score (nSPS) is 12.4. The molecule has 0 radical (unpaired) electrons. The van der Waals surface area contributed by atoms with Crippen LogP contribution in [-0.4, -0.2) is 50.1 Å². The van der Waals surface area contributed by atoms with Crippen molar-refractivity contribution in [2.24, 2.45) is 0 Å². The molecule has 0 saturated carbocycles. The summed E-state index contributed by atoms with van der Waals surface area (Å²) in [6.45, 7) is 6.25. The molecule has 2 atom stereocenters. The zero-order chi connectivity index (χ0) is 25.1. The molecule has 1 N–H and O–H groups in total. The first-order valence-corrected chi connectivity index (χ1v) is 11.8. The molecule has 0 fully saturated rings. The van der Waals surface area contributed by atoms with E-state index in [1.807, 2.05) is 63.2 Å². The van der Waals surface area contributed by atoms with Crippen LogP contribution in [0, 0.1) is 0 Å². The van der Waals surface area contributed by atoms with E-state index in [4.69, 9.17) is 14.2 Å². The Labute approximate surface area is 203 Å². The number of ether oxygens (including phenoxy) is 3. The number of nitrogens with zero attached hydrogens (tertiary/aromatic N) is 1. The first-order chi connectivity index (χ1) is 16.4. The van der Waals surface area contributed by atoms with Gasteiger partial charge < -0.3 is 24.4 Å². The van der Waals surface area contributed by atoms with E-state index in [0.717, 1.165) is 17.5 Å².